The Hall–Kier alpha value is -3.39. The molecule has 0 bridgehead atoms. The summed E-state index contributed by atoms with van der Waals surface area (Å²) in [4.78, 5) is 24.1. The number of amides is 1. The summed E-state index contributed by atoms with van der Waals surface area (Å²) in [6.07, 6.45) is 3.15. The van der Waals surface area contributed by atoms with Crippen molar-refractivity contribution >= 4 is 11.6 Å². The number of carbonyl (C=O) groups excluding carboxylic acids is 1. The number of rotatable bonds is 8. The Morgan fingerprint density at radius 3 is 2.12 bits per heavy atom. The fourth-order valence-corrected chi connectivity index (χ4v) is 2.68. The predicted molar refractivity (Wildman–Crippen MR) is 92.0 cm³/mol. The van der Waals surface area contributed by atoms with E-state index in [0.29, 0.717) is 18.7 Å². The van der Waals surface area contributed by atoms with E-state index >= 15 is 0 Å². The second-order valence-corrected chi connectivity index (χ2v) is 5.77. The quantitative estimate of drug-likeness (QED) is 0.490. The first-order valence-corrected chi connectivity index (χ1v) is 7.87. The lowest BCUT2D eigenvalue weighted by molar-refractivity contribution is -0.385. The average Bonchev–Trinajstić information content (AvgIpc) is 3.28. The van der Waals surface area contributed by atoms with Gasteiger partial charge < -0.3 is 14.6 Å². The number of hydrogen-bond acceptors (Lipinski definition) is 6. The third kappa shape index (κ3) is 4.17. The van der Waals surface area contributed by atoms with Crippen LogP contribution >= 0.6 is 0 Å². The Balaban J connectivity index is 1.87. The molecule has 0 spiro atoms. The van der Waals surface area contributed by atoms with E-state index in [0.717, 1.165) is 11.5 Å². The molecule has 1 amide bonds. The summed E-state index contributed by atoms with van der Waals surface area (Å²) in [6.45, 7) is 1.17. The van der Waals surface area contributed by atoms with Crippen LogP contribution in [0.1, 0.15) is 27.4 Å². The smallest absolute Gasteiger partial charge is 0.274 e. The van der Waals surface area contributed by atoms with Gasteiger partial charge in [-0.3, -0.25) is 19.8 Å². The average molecular weight is 355 g/mol. The maximum absolute atomic E-state index is 11.4. The second-order valence-electron chi connectivity index (χ2n) is 5.77. The molecule has 3 rings (SSSR count). The van der Waals surface area contributed by atoms with Crippen molar-refractivity contribution in [3.63, 3.8) is 0 Å². The molecule has 0 aliphatic rings. The first-order valence-electron chi connectivity index (χ1n) is 7.87. The molecule has 134 valence electrons. The number of benzene rings is 1. The zero-order valence-electron chi connectivity index (χ0n) is 13.8. The molecule has 3 aromatic rings. The van der Waals surface area contributed by atoms with Gasteiger partial charge in [0.2, 0.25) is 5.91 Å². The molecule has 0 atom stereocenters. The van der Waals surface area contributed by atoms with Gasteiger partial charge in [-0.2, -0.15) is 0 Å². The number of nitrogens with zero attached hydrogens (tertiary/aromatic N) is 2. The van der Waals surface area contributed by atoms with Crippen LogP contribution in [-0.4, -0.2) is 15.7 Å². The van der Waals surface area contributed by atoms with E-state index < -0.39 is 10.8 Å². The molecule has 8 nitrogen and oxygen atoms in total. The summed E-state index contributed by atoms with van der Waals surface area (Å²) in [5, 5.41) is 11.4. The molecular formula is C18H17N3O5. The van der Waals surface area contributed by atoms with Crippen molar-refractivity contribution in [3.8, 4) is 0 Å². The summed E-state index contributed by atoms with van der Waals surface area (Å²) < 4.78 is 10.8. The van der Waals surface area contributed by atoms with Gasteiger partial charge in [-0.15, -0.1) is 0 Å². The van der Waals surface area contributed by atoms with Crippen LogP contribution in [-0.2, 0) is 19.6 Å². The number of carbonyl (C=O) groups is 1. The summed E-state index contributed by atoms with van der Waals surface area (Å²) >= 11 is 0. The number of hydrogen-bond donors (Lipinski definition) is 1. The molecule has 0 saturated carbocycles. The predicted octanol–water partition coefficient (Wildman–Crippen LogP) is 3.08. The molecule has 1 aromatic carbocycles. The number of nitro groups is 1. The van der Waals surface area contributed by atoms with Crippen molar-refractivity contribution in [2.45, 2.75) is 19.6 Å². The molecule has 26 heavy (non-hydrogen) atoms. The van der Waals surface area contributed by atoms with Gasteiger partial charge in [0.25, 0.3) is 5.69 Å². The van der Waals surface area contributed by atoms with Crippen LogP contribution in [0.4, 0.5) is 5.69 Å². The van der Waals surface area contributed by atoms with Gasteiger partial charge in [0.05, 0.1) is 30.5 Å². The van der Waals surface area contributed by atoms with Crippen LogP contribution in [0.5, 0.6) is 0 Å². The highest BCUT2D eigenvalue weighted by atomic mass is 16.6. The first kappa shape index (κ1) is 17.4. The number of nitrogens with two attached hydrogens (primary N) is 1. The minimum atomic E-state index is -0.706. The van der Waals surface area contributed by atoms with Crippen molar-refractivity contribution in [1.82, 2.24) is 4.90 Å². The highest BCUT2D eigenvalue weighted by molar-refractivity contribution is 5.93. The Morgan fingerprint density at radius 1 is 1.04 bits per heavy atom. The second kappa shape index (κ2) is 7.66. The van der Waals surface area contributed by atoms with Crippen LogP contribution in [0, 0.1) is 10.1 Å². The van der Waals surface area contributed by atoms with Crippen LogP contribution in [0.15, 0.2) is 63.8 Å². The zero-order chi connectivity index (χ0) is 18.5. The van der Waals surface area contributed by atoms with Gasteiger partial charge >= 0.3 is 0 Å². The normalized spacial score (nSPS) is 11.0. The van der Waals surface area contributed by atoms with Gasteiger partial charge in [-0.05, 0) is 30.3 Å². The van der Waals surface area contributed by atoms with E-state index in [1.54, 1.807) is 30.7 Å². The molecule has 0 radical (unpaired) electrons. The van der Waals surface area contributed by atoms with Crippen molar-refractivity contribution < 1.29 is 18.6 Å². The largest absolute Gasteiger partial charge is 0.468 e. The third-order valence-electron chi connectivity index (χ3n) is 3.88. The van der Waals surface area contributed by atoms with Crippen molar-refractivity contribution in [2.24, 2.45) is 5.73 Å². The number of primary amides is 1. The van der Waals surface area contributed by atoms with E-state index in [9.17, 15) is 14.9 Å². The summed E-state index contributed by atoms with van der Waals surface area (Å²) in [7, 11) is 0. The molecule has 0 saturated heterocycles. The highest BCUT2D eigenvalue weighted by Crippen LogP contribution is 2.24. The Morgan fingerprint density at radius 2 is 1.65 bits per heavy atom. The van der Waals surface area contributed by atoms with E-state index in [1.807, 2.05) is 17.0 Å². The molecule has 0 aliphatic carbocycles. The maximum Gasteiger partial charge on any atom is 0.274 e. The first-order chi connectivity index (χ1) is 12.5. The molecule has 2 heterocycles. The molecular weight excluding hydrogens is 338 g/mol. The number of nitro benzene ring substituents is 1. The monoisotopic (exact) mass is 355 g/mol. The fourth-order valence-electron chi connectivity index (χ4n) is 2.68. The van der Waals surface area contributed by atoms with Crippen molar-refractivity contribution in [3.05, 3.63) is 87.8 Å². The topological polar surface area (TPSA) is 116 Å². The molecule has 2 aromatic heterocycles. The van der Waals surface area contributed by atoms with Gasteiger partial charge in [0.15, 0.2) is 0 Å². The molecule has 0 unspecified atom stereocenters. The molecule has 8 heteroatoms. The van der Waals surface area contributed by atoms with Crippen LogP contribution in [0.3, 0.4) is 0 Å². The molecule has 2 N–H and O–H groups in total. The lowest BCUT2D eigenvalue weighted by Crippen LogP contribution is -2.22. The SMILES string of the molecule is NC(=O)c1ccc(CN(Cc2ccco2)Cc2ccco2)c([N+](=O)[O-])c1. The Kier molecular flexibility index (Phi) is 5.14. The lowest BCUT2D eigenvalue weighted by Gasteiger charge is -2.20. The third-order valence-corrected chi connectivity index (χ3v) is 3.88. The Labute approximate surface area is 149 Å². The molecule has 0 fully saturated rings. The zero-order valence-corrected chi connectivity index (χ0v) is 13.8. The van der Waals surface area contributed by atoms with Gasteiger partial charge in [-0.25, -0.2) is 0 Å². The summed E-state index contributed by atoms with van der Waals surface area (Å²) in [5.74, 6) is 0.753. The van der Waals surface area contributed by atoms with Crippen LogP contribution < -0.4 is 5.73 Å². The van der Waals surface area contributed by atoms with E-state index in [1.165, 1.54) is 12.1 Å². The minimum Gasteiger partial charge on any atom is -0.468 e. The van der Waals surface area contributed by atoms with Gasteiger partial charge in [-0.1, -0.05) is 6.07 Å². The lowest BCUT2D eigenvalue weighted by atomic mass is 10.1. The van der Waals surface area contributed by atoms with Crippen LogP contribution in [0.25, 0.3) is 0 Å². The van der Waals surface area contributed by atoms with E-state index in [2.05, 4.69) is 0 Å². The van der Waals surface area contributed by atoms with E-state index in [4.69, 9.17) is 14.6 Å². The minimum absolute atomic E-state index is 0.101. The fraction of sp³-hybridized carbons (Fsp3) is 0.167. The highest BCUT2D eigenvalue weighted by Gasteiger charge is 2.20. The molecule has 0 aliphatic heterocycles. The van der Waals surface area contributed by atoms with Crippen molar-refractivity contribution in [2.75, 3.05) is 0 Å². The van der Waals surface area contributed by atoms with Crippen molar-refractivity contribution in [1.29, 1.82) is 0 Å². The number of furan rings is 2. The maximum atomic E-state index is 11.4. The van der Waals surface area contributed by atoms with E-state index in [-0.39, 0.29) is 17.8 Å². The van der Waals surface area contributed by atoms with Crippen LogP contribution in [0.2, 0.25) is 0 Å². The standard InChI is InChI=1S/C18H17N3O5/c19-18(22)13-5-6-14(17(9-13)21(23)24)10-20(11-15-3-1-7-25-15)12-16-4-2-8-26-16/h1-9H,10-12H2,(H2,19,22). The van der Waals surface area contributed by atoms with Gasteiger partial charge in [0, 0.05) is 23.7 Å². The summed E-state index contributed by atoms with van der Waals surface area (Å²) in [5.41, 5.74) is 5.64. The summed E-state index contributed by atoms with van der Waals surface area (Å²) in [6, 6.07) is 11.5. The Bertz CT molecular complexity index is 851. The van der Waals surface area contributed by atoms with Gasteiger partial charge in [0.1, 0.15) is 11.5 Å².